The average molecular weight is 290 g/mol. The van der Waals surface area contributed by atoms with Crippen molar-refractivity contribution in [3.05, 3.63) is 23.8 Å². The van der Waals surface area contributed by atoms with Gasteiger partial charge in [-0.15, -0.1) is 0 Å². The Balaban J connectivity index is 1.64. The van der Waals surface area contributed by atoms with Crippen LogP contribution in [0.3, 0.4) is 0 Å². The minimum absolute atomic E-state index is 0.0401. The molecule has 1 heterocycles. The Morgan fingerprint density at radius 2 is 2.00 bits per heavy atom. The number of fused-ring (bicyclic) bond motifs is 1. The molecule has 0 spiro atoms. The first-order valence-corrected chi connectivity index (χ1v) is 8.17. The van der Waals surface area contributed by atoms with Crippen LogP contribution in [0.15, 0.2) is 18.2 Å². The first-order valence-electron chi connectivity index (χ1n) is 8.17. The first kappa shape index (κ1) is 14.7. The summed E-state index contributed by atoms with van der Waals surface area (Å²) in [5.41, 5.74) is 7.57. The van der Waals surface area contributed by atoms with Gasteiger partial charge in [-0.05, 0) is 43.5 Å². The largest absolute Gasteiger partial charge is 0.486 e. The molecule has 0 saturated heterocycles. The first-order chi connectivity index (χ1) is 10.3. The molecule has 1 fully saturated rings. The fourth-order valence-electron chi connectivity index (χ4n) is 2.87. The predicted octanol–water partition coefficient (Wildman–Crippen LogP) is 2.72. The molecule has 1 aromatic rings. The lowest BCUT2D eigenvalue weighted by Gasteiger charge is -2.26. The van der Waals surface area contributed by atoms with E-state index in [9.17, 15) is 0 Å². The van der Waals surface area contributed by atoms with E-state index in [1.54, 1.807) is 0 Å². The van der Waals surface area contributed by atoms with Crippen LogP contribution in [0.2, 0.25) is 0 Å². The second kappa shape index (κ2) is 6.67. The summed E-state index contributed by atoms with van der Waals surface area (Å²) in [5, 5.41) is 0. The van der Waals surface area contributed by atoms with Crippen LogP contribution in [0, 0.1) is 0 Å². The second-order valence-corrected chi connectivity index (χ2v) is 6.09. The van der Waals surface area contributed by atoms with Gasteiger partial charge in [0.1, 0.15) is 13.2 Å². The molecule has 1 aromatic carbocycles. The summed E-state index contributed by atoms with van der Waals surface area (Å²) in [6.45, 7) is 5.59. The predicted molar refractivity (Wildman–Crippen MR) is 83.9 cm³/mol. The number of hydrogen-bond donors (Lipinski definition) is 1. The number of benzene rings is 1. The van der Waals surface area contributed by atoms with E-state index < -0.39 is 0 Å². The highest BCUT2D eigenvalue weighted by molar-refractivity contribution is 5.44. The van der Waals surface area contributed by atoms with Crippen LogP contribution < -0.4 is 15.2 Å². The van der Waals surface area contributed by atoms with E-state index >= 15 is 0 Å². The Labute approximate surface area is 127 Å². The lowest BCUT2D eigenvalue weighted by Crippen LogP contribution is -2.34. The lowest BCUT2D eigenvalue weighted by molar-refractivity contribution is 0.171. The molecule has 0 aromatic heterocycles. The minimum Gasteiger partial charge on any atom is -0.486 e. The second-order valence-electron chi connectivity index (χ2n) is 6.09. The molecule has 1 atom stereocenters. The number of ether oxygens (including phenoxy) is 2. The van der Waals surface area contributed by atoms with Gasteiger partial charge in [0, 0.05) is 18.6 Å². The molecule has 0 bridgehead atoms. The van der Waals surface area contributed by atoms with E-state index in [4.69, 9.17) is 15.2 Å². The fraction of sp³-hybridized carbons (Fsp3) is 0.647. The van der Waals surface area contributed by atoms with Crippen molar-refractivity contribution in [2.45, 2.75) is 44.7 Å². The number of nitrogens with two attached hydrogens (primary N) is 1. The Bertz CT molecular complexity index is 474. The molecule has 4 heteroatoms. The molecule has 2 aliphatic rings. The number of unbranched alkanes of at least 4 members (excludes halogenated alkanes) is 1. The molecule has 0 radical (unpaired) electrons. The van der Waals surface area contributed by atoms with E-state index in [-0.39, 0.29) is 6.04 Å². The van der Waals surface area contributed by atoms with Crippen molar-refractivity contribution in [3.8, 4) is 11.5 Å². The number of hydrogen-bond acceptors (Lipinski definition) is 4. The molecule has 4 nitrogen and oxygen atoms in total. The van der Waals surface area contributed by atoms with Crippen LogP contribution in [0.1, 0.15) is 44.2 Å². The Kier molecular flexibility index (Phi) is 4.66. The summed E-state index contributed by atoms with van der Waals surface area (Å²) in [7, 11) is 0. The Morgan fingerprint density at radius 1 is 1.24 bits per heavy atom. The van der Waals surface area contributed by atoms with Crippen molar-refractivity contribution in [1.29, 1.82) is 0 Å². The van der Waals surface area contributed by atoms with E-state index in [1.807, 2.05) is 12.1 Å². The highest BCUT2D eigenvalue weighted by atomic mass is 16.6. The molecular weight excluding hydrogens is 264 g/mol. The molecule has 116 valence electrons. The molecule has 2 N–H and O–H groups in total. The van der Waals surface area contributed by atoms with Crippen molar-refractivity contribution in [2.24, 2.45) is 5.73 Å². The van der Waals surface area contributed by atoms with Gasteiger partial charge >= 0.3 is 0 Å². The maximum atomic E-state index is 6.43. The van der Waals surface area contributed by atoms with Gasteiger partial charge in [-0.3, -0.25) is 4.90 Å². The van der Waals surface area contributed by atoms with Crippen molar-refractivity contribution in [1.82, 2.24) is 4.90 Å². The topological polar surface area (TPSA) is 47.7 Å². The summed E-state index contributed by atoms with van der Waals surface area (Å²) >= 11 is 0. The zero-order valence-electron chi connectivity index (χ0n) is 12.9. The third-order valence-corrected chi connectivity index (χ3v) is 4.29. The van der Waals surface area contributed by atoms with Gasteiger partial charge in [-0.1, -0.05) is 19.4 Å². The molecule has 0 amide bonds. The Hall–Kier alpha value is -1.26. The van der Waals surface area contributed by atoms with Gasteiger partial charge in [0.25, 0.3) is 0 Å². The molecule has 1 aliphatic carbocycles. The summed E-state index contributed by atoms with van der Waals surface area (Å²) in [4.78, 5) is 2.56. The van der Waals surface area contributed by atoms with Crippen molar-refractivity contribution in [3.63, 3.8) is 0 Å². The zero-order valence-corrected chi connectivity index (χ0v) is 12.9. The average Bonchev–Trinajstić information content (AvgIpc) is 3.35. The van der Waals surface area contributed by atoms with Crippen molar-refractivity contribution < 1.29 is 9.47 Å². The lowest BCUT2D eigenvalue weighted by atomic mass is 10.1. The van der Waals surface area contributed by atoms with Crippen LogP contribution in [-0.2, 0) is 0 Å². The standard InChI is InChI=1S/C17H26N2O2/c1-2-3-8-19(14-5-6-14)12-15(18)13-4-7-16-17(11-13)21-10-9-20-16/h4,7,11,14-15H,2-3,5-6,8-10,12,18H2,1H3. The third-order valence-electron chi connectivity index (χ3n) is 4.29. The summed E-state index contributed by atoms with van der Waals surface area (Å²) in [6.07, 6.45) is 5.15. The maximum absolute atomic E-state index is 6.43. The molecule has 21 heavy (non-hydrogen) atoms. The number of rotatable bonds is 7. The van der Waals surface area contributed by atoms with Gasteiger partial charge in [-0.25, -0.2) is 0 Å². The van der Waals surface area contributed by atoms with Crippen molar-refractivity contribution >= 4 is 0 Å². The van der Waals surface area contributed by atoms with Crippen LogP contribution in [-0.4, -0.2) is 37.2 Å². The van der Waals surface area contributed by atoms with Gasteiger partial charge in [0.15, 0.2) is 11.5 Å². The summed E-state index contributed by atoms with van der Waals surface area (Å²) in [6, 6.07) is 6.91. The SMILES string of the molecule is CCCCN(CC(N)c1ccc2c(c1)OCCO2)C1CC1. The fourth-order valence-corrected chi connectivity index (χ4v) is 2.87. The van der Waals surface area contributed by atoms with Gasteiger partial charge < -0.3 is 15.2 Å². The third kappa shape index (κ3) is 3.69. The van der Waals surface area contributed by atoms with Gasteiger partial charge in [0.05, 0.1) is 0 Å². The highest BCUT2D eigenvalue weighted by Gasteiger charge is 2.29. The quantitative estimate of drug-likeness (QED) is 0.839. The highest BCUT2D eigenvalue weighted by Crippen LogP contribution is 2.33. The minimum atomic E-state index is 0.0401. The summed E-state index contributed by atoms with van der Waals surface area (Å²) < 4.78 is 11.2. The van der Waals surface area contributed by atoms with Crippen LogP contribution in [0.5, 0.6) is 11.5 Å². The zero-order chi connectivity index (χ0) is 14.7. The maximum Gasteiger partial charge on any atom is 0.161 e. The Morgan fingerprint density at radius 3 is 2.71 bits per heavy atom. The molecule has 1 unspecified atom stereocenters. The van der Waals surface area contributed by atoms with E-state index in [0.29, 0.717) is 13.2 Å². The molecule has 1 aliphatic heterocycles. The van der Waals surface area contributed by atoms with Gasteiger partial charge in [0.2, 0.25) is 0 Å². The monoisotopic (exact) mass is 290 g/mol. The van der Waals surface area contributed by atoms with E-state index in [2.05, 4.69) is 17.9 Å². The van der Waals surface area contributed by atoms with E-state index in [0.717, 1.165) is 29.6 Å². The van der Waals surface area contributed by atoms with Crippen LogP contribution in [0.4, 0.5) is 0 Å². The molecule has 3 rings (SSSR count). The van der Waals surface area contributed by atoms with E-state index in [1.165, 1.54) is 32.2 Å². The van der Waals surface area contributed by atoms with Crippen LogP contribution >= 0.6 is 0 Å². The van der Waals surface area contributed by atoms with Crippen LogP contribution in [0.25, 0.3) is 0 Å². The molecular formula is C17H26N2O2. The normalized spacial score (nSPS) is 18.8. The van der Waals surface area contributed by atoms with Gasteiger partial charge in [-0.2, -0.15) is 0 Å². The summed E-state index contributed by atoms with van der Waals surface area (Å²) in [5.74, 6) is 1.67. The molecule has 1 saturated carbocycles. The van der Waals surface area contributed by atoms with Crippen molar-refractivity contribution in [2.75, 3.05) is 26.3 Å². The smallest absolute Gasteiger partial charge is 0.161 e. The number of nitrogens with zero attached hydrogens (tertiary/aromatic N) is 1.